The van der Waals surface area contributed by atoms with Crippen molar-refractivity contribution < 1.29 is 24.5 Å². The Morgan fingerprint density at radius 1 is 0.360 bits per heavy atom. The van der Waals surface area contributed by atoms with Crippen LogP contribution in [0.4, 0.5) is 0 Å². The van der Waals surface area contributed by atoms with Crippen LogP contribution in [0, 0.1) is 0 Å². The van der Waals surface area contributed by atoms with Crippen LogP contribution >= 0.6 is 0 Å². The molecule has 2 unspecified atom stereocenters. The number of nitrogens with one attached hydrogen (secondary N) is 1. The molecule has 0 spiro atoms. The molecule has 75 heavy (non-hydrogen) atoms. The quantitative estimate of drug-likeness (QED) is 0.0320. The number of aliphatic hydroxyl groups is 2. The molecule has 0 fully saturated rings. The summed E-state index contributed by atoms with van der Waals surface area (Å²) in [4.78, 5) is 24.6. The molecule has 0 aliphatic heterocycles. The molecular weight excluding hydrogens is 923 g/mol. The van der Waals surface area contributed by atoms with Gasteiger partial charge < -0.3 is 20.3 Å². The van der Waals surface area contributed by atoms with Gasteiger partial charge in [-0.25, -0.2) is 0 Å². The minimum absolute atomic E-state index is 0.0176. The van der Waals surface area contributed by atoms with Gasteiger partial charge in [0.15, 0.2) is 0 Å². The minimum atomic E-state index is -0.664. The molecule has 2 atom stereocenters. The third-order valence-corrected chi connectivity index (χ3v) is 16.3. The van der Waals surface area contributed by atoms with Crippen molar-refractivity contribution >= 4 is 11.9 Å². The highest BCUT2D eigenvalue weighted by Gasteiger charge is 2.20. The van der Waals surface area contributed by atoms with E-state index in [1.807, 2.05) is 0 Å². The van der Waals surface area contributed by atoms with Gasteiger partial charge in [0, 0.05) is 12.8 Å². The Hall–Kier alpha value is -1.40. The fourth-order valence-electron chi connectivity index (χ4n) is 11.1. The lowest BCUT2D eigenvalue weighted by molar-refractivity contribution is -0.143. The minimum Gasteiger partial charge on any atom is -0.466 e. The summed E-state index contributed by atoms with van der Waals surface area (Å²) in [6, 6.07) is -0.542. The largest absolute Gasteiger partial charge is 0.466 e. The number of rotatable bonds is 65. The zero-order valence-electron chi connectivity index (χ0n) is 51.1. The van der Waals surface area contributed by atoms with Crippen LogP contribution in [0.1, 0.15) is 393 Å². The molecule has 0 aromatic heterocycles. The van der Waals surface area contributed by atoms with Crippen LogP contribution in [0.3, 0.4) is 0 Å². The SMILES string of the molecule is CCCCCCCCCCCCCCCCCCCCC(O)C(CO)NC(=O)CCCCCCCCCCCCC/C=C\CCCCCCCCCCCCCCOC(=O)CCCCCCCCCCCCCCC. The zero-order chi connectivity index (χ0) is 54.3. The van der Waals surface area contributed by atoms with Crippen molar-refractivity contribution in [2.24, 2.45) is 0 Å². The van der Waals surface area contributed by atoms with Crippen LogP contribution in [0.25, 0.3) is 0 Å². The van der Waals surface area contributed by atoms with Gasteiger partial charge in [0.25, 0.3) is 0 Å². The molecule has 6 nitrogen and oxygen atoms in total. The third kappa shape index (κ3) is 61.7. The van der Waals surface area contributed by atoms with E-state index in [-0.39, 0.29) is 18.5 Å². The lowest BCUT2D eigenvalue weighted by Crippen LogP contribution is -2.45. The van der Waals surface area contributed by atoms with E-state index < -0.39 is 12.1 Å². The second kappa shape index (κ2) is 65.1. The Balaban J connectivity index is 3.37. The van der Waals surface area contributed by atoms with Crippen molar-refractivity contribution in [3.8, 4) is 0 Å². The number of hydrogen-bond acceptors (Lipinski definition) is 5. The van der Waals surface area contributed by atoms with E-state index in [4.69, 9.17) is 4.74 Å². The molecule has 3 N–H and O–H groups in total. The van der Waals surface area contributed by atoms with E-state index in [0.717, 1.165) is 38.5 Å². The summed E-state index contributed by atoms with van der Waals surface area (Å²) in [7, 11) is 0. The van der Waals surface area contributed by atoms with Gasteiger partial charge in [-0.2, -0.15) is 0 Å². The molecule has 0 heterocycles. The first-order valence-electron chi connectivity index (χ1n) is 34.4. The van der Waals surface area contributed by atoms with Gasteiger partial charge in [-0.05, 0) is 51.4 Å². The molecule has 0 aliphatic rings. The van der Waals surface area contributed by atoms with Crippen LogP contribution in [0.15, 0.2) is 12.2 Å². The smallest absolute Gasteiger partial charge is 0.305 e. The molecule has 0 aromatic carbocycles. The van der Waals surface area contributed by atoms with E-state index in [1.54, 1.807) is 0 Å². The number of unbranched alkanes of at least 4 members (excludes halogenated alkanes) is 52. The fraction of sp³-hybridized carbons (Fsp3) is 0.942. The maximum absolute atomic E-state index is 12.5. The molecule has 6 heteroatoms. The fourth-order valence-corrected chi connectivity index (χ4v) is 11.1. The Morgan fingerprint density at radius 3 is 0.947 bits per heavy atom. The van der Waals surface area contributed by atoms with Crippen molar-refractivity contribution in [3.05, 3.63) is 12.2 Å². The van der Waals surface area contributed by atoms with Crippen molar-refractivity contribution in [2.45, 2.75) is 405 Å². The van der Waals surface area contributed by atoms with Crippen LogP contribution in [0.5, 0.6) is 0 Å². The van der Waals surface area contributed by atoms with E-state index >= 15 is 0 Å². The average Bonchev–Trinajstić information content (AvgIpc) is 3.41. The summed E-state index contributed by atoms with van der Waals surface area (Å²) in [5, 5.41) is 23.4. The van der Waals surface area contributed by atoms with Crippen molar-refractivity contribution in [3.63, 3.8) is 0 Å². The molecule has 0 saturated carbocycles. The van der Waals surface area contributed by atoms with Crippen LogP contribution in [-0.4, -0.2) is 47.4 Å². The maximum atomic E-state index is 12.5. The molecule has 0 aromatic rings. The summed E-state index contributed by atoms with van der Waals surface area (Å²) >= 11 is 0. The number of hydrogen-bond donors (Lipinski definition) is 3. The number of ether oxygens (including phenoxy) is 1. The lowest BCUT2D eigenvalue weighted by atomic mass is 10.0. The second-order valence-corrected chi connectivity index (χ2v) is 23.9. The predicted octanol–water partition coefficient (Wildman–Crippen LogP) is 22.0. The highest BCUT2D eigenvalue weighted by Crippen LogP contribution is 2.19. The molecule has 0 radical (unpaired) electrons. The summed E-state index contributed by atoms with van der Waals surface area (Å²) in [5.74, 6) is -0.0142. The maximum Gasteiger partial charge on any atom is 0.305 e. The van der Waals surface area contributed by atoms with E-state index in [2.05, 4.69) is 31.3 Å². The second-order valence-electron chi connectivity index (χ2n) is 23.9. The Kier molecular flexibility index (Phi) is 63.9. The summed E-state index contributed by atoms with van der Waals surface area (Å²) in [6.45, 7) is 4.99. The number of carbonyl (C=O) groups is 2. The number of carbonyl (C=O) groups excluding carboxylic acids is 2. The van der Waals surface area contributed by atoms with Crippen LogP contribution in [0.2, 0.25) is 0 Å². The first-order chi connectivity index (χ1) is 37.0. The molecule has 1 amide bonds. The van der Waals surface area contributed by atoms with Gasteiger partial charge in [-0.15, -0.1) is 0 Å². The normalized spacial score (nSPS) is 12.5. The van der Waals surface area contributed by atoms with Crippen LogP contribution in [-0.2, 0) is 14.3 Å². The number of aliphatic hydroxyl groups excluding tert-OH is 2. The molecular formula is C69H135NO5. The third-order valence-electron chi connectivity index (χ3n) is 16.3. The Morgan fingerprint density at radius 2 is 0.627 bits per heavy atom. The van der Waals surface area contributed by atoms with Crippen molar-refractivity contribution in [2.75, 3.05) is 13.2 Å². The predicted molar refractivity (Wildman–Crippen MR) is 329 cm³/mol. The van der Waals surface area contributed by atoms with Gasteiger partial charge in [-0.1, -0.05) is 341 Å². The van der Waals surface area contributed by atoms with Crippen LogP contribution < -0.4 is 5.32 Å². The van der Waals surface area contributed by atoms with Gasteiger partial charge in [-0.3, -0.25) is 9.59 Å². The first kappa shape index (κ1) is 73.6. The van der Waals surface area contributed by atoms with Crippen molar-refractivity contribution in [1.82, 2.24) is 5.32 Å². The lowest BCUT2D eigenvalue weighted by Gasteiger charge is -2.22. The summed E-state index contributed by atoms with van der Waals surface area (Å²) in [6.07, 6.45) is 79.6. The Labute approximate surface area is 469 Å². The first-order valence-corrected chi connectivity index (χ1v) is 34.4. The van der Waals surface area contributed by atoms with E-state index in [0.29, 0.717) is 25.9 Å². The zero-order valence-corrected chi connectivity index (χ0v) is 51.1. The standard InChI is InChI=1S/C69H135NO5/c1-3-5-7-9-11-13-15-17-18-19-31-34-38-41-45-49-53-57-61-67(72)66(65-71)70-68(73)62-58-54-50-46-42-39-35-32-29-27-25-23-21-20-22-24-26-28-30-33-36-40-44-48-52-56-60-64-75-69(74)63-59-55-51-47-43-37-16-14-12-10-8-6-4-2/h20-21,66-67,71-72H,3-19,22-65H2,1-2H3,(H,70,73)/b21-20-. The van der Waals surface area contributed by atoms with E-state index in [1.165, 1.54) is 321 Å². The van der Waals surface area contributed by atoms with Gasteiger partial charge in [0.2, 0.25) is 5.91 Å². The number of esters is 1. The molecule has 446 valence electrons. The average molecular weight is 1060 g/mol. The topological polar surface area (TPSA) is 95.9 Å². The summed E-state index contributed by atoms with van der Waals surface area (Å²) < 4.78 is 5.49. The number of allylic oxidation sites excluding steroid dienone is 2. The van der Waals surface area contributed by atoms with Gasteiger partial charge in [0.1, 0.15) is 0 Å². The van der Waals surface area contributed by atoms with Crippen molar-refractivity contribution in [1.29, 1.82) is 0 Å². The van der Waals surface area contributed by atoms with Gasteiger partial charge in [0.05, 0.1) is 25.4 Å². The molecule has 0 saturated heterocycles. The highest BCUT2D eigenvalue weighted by atomic mass is 16.5. The Bertz CT molecular complexity index is 1130. The monoisotopic (exact) mass is 1060 g/mol. The molecule has 0 bridgehead atoms. The summed E-state index contributed by atoms with van der Waals surface area (Å²) in [5.41, 5.74) is 0. The molecule has 0 rings (SSSR count). The number of amides is 1. The highest BCUT2D eigenvalue weighted by molar-refractivity contribution is 5.76. The molecule has 0 aliphatic carbocycles. The van der Waals surface area contributed by atoms with Gasteiger partial charge >= 0.3 is 5.97 Å². The van der Waals surface area contributed by atoms with E-state index in [9.17, 15) is 19.8 Å².